The summed E-state index contributed by atoms with van der Waals surface area (Å²) in [4.78, 5) is 0. The molecule has 1 aliphatic carbocycles. The molecule has 1 aliphatic rings. The average molecular weight is 175 g/mol. The van der Waals surface area contributed by atoms with Crippen LogP contribution in [0, 0.1) is 0 Å². The summed E-state index contributed by atoms with van der Waals surface area (Å²) in [5.41, 5.74) is 1.65. The van der Waals surface area contributed by atoms with Crippen LogP contribution < -0.4 is 0 Å². The van der Waals surface area contributed by atoms with E-state index in [0.29, 0.717) is 17.9 Å². The van der Waals surface area contributed by atoms with Crippen molar-refractivity contribution in [1.29, 1.82) is 0 Å². The van der Waals surface area contributed by atoms with Gasteiger partial charge in [0, 0.05) is 5.88 Å². The van der Waals surface area contributed by atoms with E-state index in [1.807, 2.05) is 6.08 Å². The molecule has 0 heterocycles. The quantitative estimate of drug-likeness (QED) is 0.536. The molecule has 0 spiro atoms. The molecule has 0 N–H and O–H groups in total. The van der Waals surface area contributed by atoms with Gasteiger partial charge in [-0.05, 0) is 30.4 Å². The lowest BCUT2D eigenvalue weighted by Gasteiger charge is -2.20. The summed E-state index contributed by atoms with van der Waals surface area (Å²) < 4.78 is 13.0. The Balaban J connectivity index is 2.66. The maximum atomic E-state index is 13.0. The second-order valence-electron chi connectivity index (χ2n) is 2.77. The molecule has 1 atom stereocenters. The van der Waals surface area contributed by atoms with Crippen LogP contribution in [0.15, 0.2) is 23.8 Å². The summed E-state index contributed by atoms with van der Waals surface area (Å²) in [5, 5.41) is 0. The highest BCUT2D eigenvalue weighted by Gasteiger charge is 2.19. The molecular formula is C9H12ClF. The maximum absolute atomic E-state index is 13.0. The maximum Gasteiger partial charge on any atom is 0.125 e. The lowest BCUT2D eigenvalue weighted by atomic mass is 9.89. The molecule has 0 aromatic carbocycles. The molecule has 11 heavy (non-hydrogen) atoms. The summed E-state index contributed by atoms with van der Waals surface area (Å²) in [6, 6.07) is 0. The van der Waals surface area contributed by atoms with Crippen molar-refractivity contribution in [2.45, 2.75) is 25.4 Å². The minimum absolute atomic E-state index is 0.459. The zero-order chi connectivity index (χ0) is 8.27. The van der Waals surface area contributed by atoms with E-state index in [2.05, 4.69) is 6.58 Å². The molecule has 1 saturated carbocycles. The van der Waals surface area contributed by atoms with Gasteiger partial charge in [-0.3, -0.25) is 0 Å². The minimum atomic E-state index is -0.835. The number of rotatable bonds is 1. The van der Waals surface area contributed by atoms with Crippen LogP contribution in [0.1, 0.15) is 19.3 Å². The summed E-state index contributed by atoms with van der Waals surface area (Å²) in [6.07, 6.45) is 3.50. The summed E-state index contributed by atoms with van der Waals surface area (Å²) in [5.74, 6) is 0.459. The fourth-order valence-corrected chi connectivity index (χ4v) is 1.52. The van der Waals surface area contributed by atoms with Gasteiger partial charge in [0.15, 0.2) is 0 Å². The first-order chi connectivity index (χ1) is 5.25. The molecule has 0 amide bonds. The molecule has 0 radical (unpaired) electrons. The van der Waals surface area contributed by atoms with E-state index < -0.39 is 6.17 Å². The zero-order valence-corrected chi connectivity index (χ0v) is 7.20. The Morgan fingerprint density at radius 2 is 2.45 bits per heavy atom. The Morgan fingerprint density at radius 1 is 1.73 bits per heavy atom. The van der Waals surface area contributed by atoms with Crippen molar-refractivity contribution in [2.75, 3.05) is 5.88 Å². The highest BCUT2D eigenvalue weighted by atomic mass is 35.5. The summed E-state index contributed by atoms with van der Waals surface area (Å²) in [6.45, 7) is 3.69. The molecule has 2 heteroatoms. The highest BCUT2D eigenvalue weighted by molar-refractivity contribution is 6.19. The Hall–Kier alpha value is -0.300. The molecule has 0 aliphatic heterocycles. The van der Waals surface area contributed by atoms with Crippen molar-refractivity contribution >= 4 is 11.6 Å². The van der Waals surface area contributed by atoms with Gasteiger partial charge in [0.2, 0.25) is 0 Å². The number of halogens is 2. The van der Waals surface area contributed by atoms with Crippen LogP contribution in [-0.2, 0) is 0 Å². The van der Waals surface area contributed by atoms with Crippen LogP contribution in [0.4, 0.5) is 4.39 Å². The van der Waals surface area contributed by atoms with Crippen molar-refractivity contribution in [3.8, 4) is 0 Å². The Kier molecular flexibility index (Phi) is 3.13. The van der Waals surface area contributed by atoms with Crippen molar-refractivity contribution < 1.29 is 4.39 Å². The van der Waals surface area contributed by atoms with Gasteiger partial charge in [-0.1, -0.05) is 12.7 Å². The van der Waals surface area contributed by atoms with Crippen LogP contribution in [0.3, 0.4) is 0 Å². The second kappa shape index (κ2) is 3.91. The van der Waals surface area contributed by atoms with Crippen molar-refractivity contribution in [2.24, 2.45) is 0 Å². The van der Waals surface area contributed by atoms with Gasteiger partial charge in [-0.2, -0.15) is 0 Å². The summed E-state index contributed by atoms with van der Waals surface area (Å²) in [7, 11) is 0. The minimum Gasteiger partial charge on any atom is -0.242 e. The molecule has 1 fully saturated rings. The molecule has 1 unspecified atom stereocenters. The predicted octanol–water partition coefficient (Wildman–Crippen LogP) is 3.23. The van der Waals surface area contributed by atoms with E-state index in [1.54, 1.807) is 0 Å². The van der Waals surface area contributed by atoms with E-state index >= 15 is 0 Å². The van der Waals surface area contributed by atoms with Gasteiger partial charge in [0.1, 0.15) is 6.17 Å². The lowest BCUT2D eigenvalue weighted by Crippen LogP contribution is -2.11. The molecule has 0 aromatic rings. The van der Waals surface area contributed by atoms with Crippen LogP contribution in [0.2, 0.25) is 0 Å². The van der Waals surface area contributed by atoms with E-state index in [-0.39, 0.29) is 0 Å². The molecular weight excluding hydrogens is 163 g/mol. The fourth-order valence-electron chi connectivity index (χ4n) is 1.33. The third kappa shape index (κ3) is 2.06. The number of alkyl halides is 2. The van der Waals surface area contributed by atoms with Crippen molar-refractivity contribution in [1.82, 2.24) is 0 Å². The monoisotopic (exact) mass is 174 g/mol. The smallest absolute Gasteiger partial charge is 0.125 e. The first-order valence-electron chi connectivity index (χ1n) is 3.84. The Morgan fingerprint density at radius 3 is 3.09 bits per heavy atom. The molecule has 1 rings (SSSR count). The van der Waals surface area contributed by atoms with Gasteiger partial charge in [-0.15, -0.1) is 11.6 Å². The molecule has 62 valence electrons. The molecule has 0 aromatic heterocycles. The average Bonchev–Trinajstić information content (AvgIpc) is 1.99. The van der Waals surface area contributed by atoms with Gasteiger partial charge < -0.3 is 0 Å². The lowest BCUT2D eigenvalue weighted by molar-refractivity contribution is 0.340. The van der Waals surface area contributed by atoms with E-state index in [9.17, 15) is 4.39 Å². The van der Waals surface area contributed by atoms with E-state index in [4.69, 9.17) is 11.6 Å². The van der Waals surface area contributed by atoms with Crippen LogP contribution in [0.5, 0.6) is 0 Å². The number of hydrogen-bond acceptors (Lipinski definition) is 0. The Bertz CT molecular complexity index is 184. The van der Waals surface area contributed by atoms with Gasteiger partial charge in [0.05, 0.1) is 0 Å². The zero-order valence-electron chi connectivity index (χ0n) is 6.45. The highest BCUT2D eigenvalue weighted by Crippen LogP contribution is 2.29. The van der Waals surface area contributed by atoms with Crippen molar-refractivity contribution in [3.63, 3.8) is 0 Å². The van der Waals surface area contributed by atoms with Gasteiger partial charge >= 0.3 is 0 Å². The topological polar surface area (TPSA) is 0 Å². The SMILES string of the molecule is C=C1/C(=C\CCl)CCCC1F. The first kappa shape index (κ1) is 8.79. The third-order valence-corrected chi connectivity index (χ3v) is 2.17. The van der Waals surface area contributed by atoms with Crippen LogP contribution >= 0.6 is 11.6 Å². The molecule has 0 nitrogen and oxygen atoms in total. The van der Waals surface area contributed by atoms with E-state index in [0.717, 1.165) is 18.4 Å². The van der Waals surface area contributed by atoms with Crippen molar-refractivity contribution in [3.05, 3.63) is 23.8 Å². The largest absolute Gasteiger partial charge is 0.242 e. The fraction of sp³-hybridized carbons (Fsp3) is 0.556. The third-order valence-electron chi connectivity index (χ3n) is 2.02. The van der Waals surface area contributed by atoms with Gasteiger partial charge in [0.25, 0.3) is 0 Å². The second-order valence-corrected chi connectivity index (χ2v) is 3.08. The van der Waals surface area contributed by atoms with E-state index in [1.165, 1.54) is 0 Å². The normalized spacial score (nSPS) is 29.5. The predicted molar refractivity (Wildman–Crippen MR) is 46.7 cm³/mol. The number of allylic oxidation sites excluding steroid dienone is 3. The van der Waals surface area contributed by atoms with Crippen LogP contribution in [-0.4, -0.2) is 12.1 Å². The summed E-state index contributed by atoms with van der Waals surface area (Å²) >= 11 is 5.51. The van der Waals surface area contributed by atoms with Gasteiger partial charge in [-0.25, -0.2) is 4.39 Å². The molecule has 0 bridgehead atoms. The number of hydrogen-bond donors (Lipinski definition) is 0. The van der Waals surface area contributed by atoms with Crippen LogP contribution in [0.25, 0.3) is 0 Å². The first-order valence-corrected chi connectivity index (χ1v) is 4.37. The Labute approximate surface area is 71.7 Å². The standard InChI is InChI=1S/C9H12ClF/c1-7-8(5-6-10)3-2-4-9(7)11/h5,9H,1-4,6H2/b8-5-. The molecule has 0 saturated heterocycles.